The van der Waals surface area contributed by atoms with Gasteiger partial charge in [-0.25, -0.2) is 4.98 Å². The molecule has 0 saturated heterocycles. The van der Waals surface area contributed by atoms with Crippen LogP contribution < -0.4 is 5.32 Å². The van der Waals surface area contributed by atoms with Gasteiger partial charge in [0.1, 0.15) is 0 Å². The Kier molecular flexibility index (Phi) is 5.66. The molecule has 1 aromatic heterocycles. The first-order chi connectivity index (χ1) is 9.91. The van der Waals surface area contributed by atoms with E-state index in [1.807, 2.05) is 19.2 Å². The van der Waals surface area contributed by atoms with Gasteiger partial charge in [0.2, 0.25) is 0 Å². The highest BCUT2D eigenvalue weighted by molar-refractivity contribution is 7.09. The third kappa shape index (κ3) is 4.42. The van der Waals surface area contributed by atoms with Gasteiger partial charge in [-0.1, -0.05) is 19.8 Å². The predicted molar refractivity (Wildman–Crippen MR) is 79.5 cm³/mol. The van der Waals surface area contributed by atoms with E-state index in [-0.39, 0.29) is 18.4 Å². The highest BCUT2D eigenvalue weighted by Gasteiger charge is 2.47. The molecule has 1 fully saturated rings. The first kappa shape index (κ1) is 16.7. The van der Waals surface area contributed by atoms with Crippen molar-refractivity contribution in [2.45, 2.75) is 58.2 Å². The molecule has 2 nitrogen and oxygen atoms in total. The van der Waals surface area contributed by atoms with Crippen LogP contribution >= 0.6 is 11.3 Å². The molecule has 0 bridgehead atoms. The smallest absolute Gasteiger partial charge is 0.314 e. The molecule has 1 aromatic rings. The first-order valence-electron chi connectivity index (χ1n) is 7.63. The van der Waals surface area contributed by atoms with E-state index in [1.165, 1.54) is 0 Å². The van der Waals surface area contributed by atoms with Gasteiger partial charge in [0.05, 0.1) is 16.6 Å². The minimum Gasteiger partial charge on any atom is -0.314 e. The number of likely N-dealkylation sites (N-methyl/N-ethyl adjacent to an activating group) is 1. The average molecular weight is 320 g/mol. The Morgan fingerprint density at radius 2 is 2.10 bits per heavy atom. The maximum atomic E-state index is 13.3. The molecular formula is C15H23F3N2S. The van der Waals surface area contributed by atoms with Crippen LogP contribution in [0.3, 0.4) is 0 Å². The SMILES string of the molecule is CCNC(Cc1csc(C)n1)C1CCCCC1C(F)(F)F. The molecule has 1 aliphatic carbocycles. The predicted octanol–water partition coefficient (Wildman–Crippen LogP) is 4.34. The normalized spacial score (nSPS) is 25.0. The molecule has 1 heterocycles. The lowest BCUT2D eigenvalue weighted by Crippen LogP contribution is -2.46. The lowest BCUT2D eigenvalue weighted by Gasteiger charge is -2.38. The molecule has 1 aliphatic rings. The van der Waals surface area contributed by atoms with E-state index < -0.39 is 12.1 Å². The van der Waals surface area contributed by atoms with Gasteiger partial charge >= 0.3 is 6.18 Å². The summed E-state index contributed by atoms with van der Waals surface area (Å²) in [6.45, 7) is 4.56. The summed E-state index contributed by atoms with van der Waals surface area (Å²) in [5.41, 5.74) is 0.912. The maximum Gasteiger partial charge on any atom is 0.392 e. The Morgan fingerprint density at radius 1 is 1.38 bits per heavy atom. The largest absolute Gasteiger partial charge is 0.392 e. The zero-order valence-electron chi connectivity index (χ0n) is 12.5. The summed E-state index contributed by atoms with van der Waals surface area (Å²) in [7, 11) is 0. The molecule has 1 saturated carbocycles. The molecule has 0 amide bonds. The molecule has 0 spiro atoms. The van der Waals surface area contributed by atoms with E-state index in [9.17, 15) is 13.2 Å². The van der Waals surface area contributed by atoms with Crippen LogP contribution in [-0.2, 0) is 6.42 Å². The number of rotatable bonds is 5. The standard InChI is InChI=1S/C15H23F3N2S/c1-3-19-14(8-11-9-21-10(2)20-11)12-6-4-5-7-13(12)15(16,17)18/h9,12-14,19H,3-8H2,1-2H3. The van der Waals surface area contributed by atoms with Crippen LogP contribution in [0.1, 0.15) is 43.3 Å². The van der Waals surface area contributed by atoms with Gasteiger partial charge < -0.3 is 5.32 Å². The van der Waals surface area contributed by atoms with Crippen molar-refractivity contribution in [2.75, 3.05) is 6.54 Å². The number of aromatic nitrogens is 1. The topological polar surface area (TPSA) is 24.9 Å². The first-order valence-corrected chi connectivity index (χ1v) is 8.51. The van der Waals surface area contributed by atoms with Gasteiger partial charge in [0.15, 0.2) is 0 Å². The van der Waals surface area contributed by atoms with Crippen molar-refractivity contribution >= 4 is 11.3 Å². The number of thiazole rings is 1. The number of alkyl halides is 3. The van der Waals surface area contributed by atoms with Crippen LogP contribution in [0.4, 0.5) is 13.2 Å². The number of nitrogens with one attached hydrogen (secondary N) is 1. The molecule has 0 aliphatic heterocycles. The zero-order valence-corrected chi connectivity index (χ0v) is 13.4. The van der Waals surface area contributed by atoms with E-state index in [1.54, 1.807) is 11.3 Å². The third-order valence-corrected chi connectivity index (χ3v) is 5.14. The Morgan fingerprint density at radius 3 is 2.67 bits per heavy atom. The van der Waals surface area contributed by atoms with Gasteiger partial charge in [-0.2, -0.15) is 13.2 Å². The Labute approximate surface area is 128 Å². The van der Waals surface area contributed by atoms with Crippen LogP contribution in [0.2, 0.25) is 0 Å². The summed E-state index contributed by atoms with van der Waals surface area (Å²) in [5.74, 6) is -1.50. The molecule has 6 heteroatoms. The van der Waals surface area contributed by atoms with Gasteiger partial charge in [-0.15, -0.1) is 11.3 Å². The fourth-order valence-corrected chi connectivity index (χ4v) is 4.04. The average Bonchev–Trinajstić information content (AvgIpc) is 2.83. The summed E-state index contributed by atoms with van der Waals surface area (Å²) < 4.78 is 39.9. The molecule has 3 atom stereocenters. The number of halogens is 3. The number of hydrogen-bond donors (Lipinski definition) is 1. The molecule has 0 aromatic carbocycles. The molecule has 3 unspecified atom stereocenters. The van der Waals surface area contributed by atoms with Crippen LogP contribution in [0.15, 0.2) is 5.38 Å². The highest BCUT2D eigenvalue weighted by Crippen LogP contribution is 2.43. The summed E-state index contributed by atoms with van der Waals surface area (Å²) in [5, 5.41) is 6.21. The lowest BCUT2D eigenvalue weighted by molar-refractivity contribution is -0.199. The van der Waals surface area contributed by atoms with Gasteiger partial charge in [-0.05, 0) is 32.2 Å². The minimum absolute atomic E-state index is 0.136. The quantitative estimate of drug-likeness (QED) is 0.873. The van der Waals surface area contributed by atoms with Crippen molar-refractivity contribution in [3.8, 4) is 0 Å². The zero-order chi connectivity index (χ0) is 15.5. The van der Waals surface area contributed by atoms with Gasteiger partial charge in [0.25, 0.3) is 0 Å². The van der Waals surface area contributed by atoms with Crippen molar-refractivity contribution in [3.05, 3.63) is 16.1 Å². The minimum atomic E-state index is -4.09. The Bertz CT molecular complexity index is 444. The van der Waals surface area contributed by atoms with Crippen molar-refractivity contribution < 1.29 is 13.2 Å². The number of hydrogen-bond acceptors (Lipinski definition) is 3. The molecule has 120 valence electrons. The fourth-order valence-electron chi connectivity index (χ4n) is 3.41. The molecule has 21 heavy (non-hydrogen) atoms. The van der Waals surface area contributed by atoms with Crippen molar-refractivity contribution in [1.29, 1.82) is 0 Å². The second kappa shape index (κ2) is 7.09. The second-order valence-corrected chi connectivity index (χ2v) is 6.88. The third-order valence-electron chi connectivity index (χ3n) is 4.32. The van der Waals surface area contributed by atoms with Crippen LogP contribution in [0.25, 0.3) is 0 Å². The van der Waals surface area contributed by atoms with E-state index in [2.05, 4.69) is 10.3 Å². The van der Waals surface area contributed by atoms with E-state index in [0.29, 0.717) is 25.8 Å². The number of aryl methyl sites for hydroxylation is 1. The van der Waals surface area contributed by atoms with E-state index in [4.69, 9.17) is 0 Å². The fraction of sp³-hybridized carbons (Fsp3) is 0.800. The molecule has 1 N–H and O–H groups in total. The Hall–Kier alpha value is -0.620. The summed E-state index contributed by atoms with van der Waals surface area (Å²) >= 11 is 1.56. The van der Waals surface area contributed by atoms with Crippen molar-refractivity contribution in [2.24, 2.45) is 11.8 Å². The highest BCUT2D eigenvalue weighted by atomic mass is 32.1. The number of nitrogens with zero attached hydrogens (tertiary/aromatic N) is 1. The van der Waals surface area contributed by atoms with Crippen LogP contribution in [0.5, 0.6) is 0 Å². The molecule has 2 rings (SSSR count). The maximum absolute atomic E-state index is 13.3. The van der Waals surface area contributed by atoms with Gasteiger partial charge in [-0.3, -0.25) is 0 Å². The van der Waals surface area contributed by atoms with E-state index in [0.717, 1.165) is 17.1 Å². The van der Waals surface area contributed by atoms with E-state index >= 15 is 0 Å². The second-order valence-electron chi connectivity index (χ2n) is 5.82. The summed E-state index contributed by atoms with van der Waals surface area (Å²) in [4.78, 5) is 4.41. The van der Waals surface area contributed by atoms with Gasteiger partial charge in [0, 0.05) is 17.8 Å². The van der Waals surface area contributed by atoms with Crippen LogP contribution in [0, 0.1) is 18.8 Å². The van der Waals surface area contributed by atoms with Crippen molar-refractivity contribution in [3.63, 3.8) is 0 Å². The van der Waals surface area contributed by atoms with Crippen LogP contribution in [-0.4, -0.2) is 23.7 Å². The Balaban J connectivity index is 2.14. The summed E-state index contributed by atoms with van der Waals surface area (Å²) in [6, 6.07) is -0.136. The molecular weight excluding hydrogens is 297 g/mol. The molecule has 0 radical (unpaired) electrons. The van der Waals surface area contributed by atoms with Crippen molar-refractivity contribution in [1.82, 2.24) is 10.3 Å². The lowest BCUT2D eigenvalue weighted by atomic mass is 9.73. The summed E-state index contributed by atoms with van der Waals surface area (Å²) in [6.07, 6.45) is -0.978. The monoisotopic (exact) mass is 320 g/mol.